The number of amides is 1. The molecule has 8 nitrogen and oxygen atoms in total. The smallest absolute Gasteiger partial charge is 0.322 e. The van der Waals surface area contributed by atoms with Gasteiger partial charge in [0.15, 0.2) is 0 Å². The molecule has 0 fully saturated rings. The van der Waals surface area contributed by atoms with Crippen molar-refractivity contribution in [2.75, 3.05) is 5.32 Å². The lowest BCUT2D eigenvalue weighted by Crippen LogP contribution is -2.23. The van der Waals surface area contributed by atoms with Crippen molar-refractivity contribution >= 4 is 23.3 Å². The number of hydrogen-bond acceptors (Lipinski definition) is 7. The average Bonchev–Trinajstić information content (AvgIpc) is 3.12. The first-order valence-electron chi connectivity index (χ1n) is 5.85. The summed E-state index contributed by atoms with van der Waals surface area (Å²) in [6, 6.07) is 4.38. The van der Waals surface area contributed by atoms with Crippen LogP contribution in [-0.4, -0.2) is 25.9 Å². The molecule has 1 amide bonds. The monoisotopic (exact) mass is 303 g/mol. The number of hydrogen-bond donors (Lipinski definition) is 1. The highest BCUT2D eigenvalue weighted by molar-refractivity contribution is 7.08. The summed E-state index contributed by atoms with van der Waals surface area (Å²) >= 11 is 1.50. The Bertz CT molecular complexity index is 837. The summed E-state index contributed by atoms with van der Waals surface area (Å²) in [6.45, 7) is 0. The third-order valence-electron chi connectivity index (χ3n) is 2.61. The van der Waals surface area contributed by atoms with Gasteiger partial charge in [-0.3, -0.25) is 14.9 Å². The summed E-state index contributed by atoms with van der Waals surface area (Å²) in [6.07, 6.45) is 0. The number of nitrogens with zero attached hydrogens (tertiary/aromatic N) is 4. The van der Waals surface area contributed by atoms with Crippen LogP contribution in [0.4, 0.5) is 6.01 Å². The standard InChI is InChI=1S/C12H9N5O3S/c1-17-9(18)3-2-8(16-17)10(19)13-12-15-14-11(20-12)7-4-5-21-6-7/h2-6H,1H3,(H,13,15,19). The number of aromatic nitrogens is 4. The predicted octanol–water partition coefficient (Wildman–Crippen LogP) is 1.14. The van der Waals surface area contributed by atoms with Gasteiger partial charge in [-0.1, -0.05) is 5.10 Å². The van der Waals surface area contributed by atoms with Crippen molar-refractivity contribution in [3.8, 4) is 11.5 Å². The molecule has 0 unspecified atom stereocenters. The fourth-order valence-corrected chi connectivity index (χ4v) is 2.19. The first-order valence-corrected chi connectivity index (χ1v) is 6.79. The number of nitrogens with one attached hydrogen (secondary N) is 1. The Hall–Kier alpha value is -2.81. The van der Waals surface area contributed by atoms with Gasteiger partial charge in [0.25, 0.3) is 17.4 Å². The Morgan fingerprint density at radius 1 is 1.33 bits per heavy atom. The van der Waals surface area contributed by atoms with E-state index in [4.69, 9.17) is 4.42 Å². The van der Waals surface area contributed by atoms with E-state index < -0.39 is 5.91 Å². The summed E-state index contributed by atoms with van der Waals surface area (Å²) in [5, 5.41) is 17.6. The number of anilines is 1. The average molecular weight is 303 g/mol. The van der Waals surface area contributed by atoms with E-state index in [1.165, 1.54) is 30.5 Å². The fourth-order valence-electron chi connectivity index (χ4n) is 1.56. The van der Waals surface area contributed by atoms with Gasteiger partial charge in [-0.2, -0.15) is 16.4 Å². The van der Waals surface area contributed by atoms with Crippen molar-refractivity contribution in [2.24, 2.45) is 7.05 Å². The minimum Gasteiger partial charge on any atom is -0.403 e. The molecule has 0 radical (unpaired) electrons. The zero-order chi connectivity index (χ0) is 14.8. The third kappa shape index (κ3) is 2.72. The summed E-state index contributed by atoms with van der Waals surface area (Å²) in [5.74, 6) is -0.217. The van der Waals surface area contributed by atoms with Gasteiger partial charge in [-0.05, 0) is 17.5 Å². The summed E-state index contributed by atoms with van der Waals surface area (Å²) in [4.78, 5) is 23.2. The number of thiophene rings is 1. The Labute approximate surface area is 122 Å². The van der Waals surface area contributed by atoms with Crippen molar-refractivity contribution in [1.82, 2.24) is 20.0 Å². The number of aryl methyl sites for hydroxylation is 1. The lowest BCUT2D eigenvalue weighted by Gasteiger charge is -2.01. The topological polar surface area (TPSA) is 103 Å². The predicted molar refractivity (Wildman–Crippen MR) is 75.0 cm³/mol. The molecule has 3 aromatic heterocycles. The largest absolute Gasteiger partial charge is 0.403 e. The third-order valence-corrected chi connectivity index (χ3v) is 3.29. The molecular formula is C12H9N5O3S. The molecule has 0 spiro atoms. The molecule has 0 aliphatic rings. The Morgan fingerprint density at radius 2 is 2.19 bits per heavy atom. The molecule has 21 heavy (non-hydrogen) atoms. The van der Waals surface area contributed by atoms with Crippen LogP contribution < -0.4 is 10.9 Å². The van der Waals surface area contributed by atoms with Gasteiger partial charge in [-0.15, -0.1) is 5.10 Å². The lowest BCUT2D eigenvalue weighted by atomic mass is 10.3. The van der Waals surface area contributed by atoms with E-state index in [0.29, 0.717) is 5.89 Å². The Balaban J connectivity index is 1.78. The Kier molecular flexibility index (Phi) is 3.32. The molecule has 3 heterocycles. The van der Waals surface area contributed by atoms with Crippen molar-refractivity contribution in [3.05, 3.63) is 45.0 Å². The van der Waals surface area contributed by atoms with E-state index in [1.807, 2.05) is 16.8 Å². The molecule has 3 rings (SSSR count). The van der Waals surface area contributed by atoms with Crippen LogP contribution in [0.2, 0.25) is 0 Å². The van der Waals surface area contributed by atoms with Gasteiger partial charge in [0.05, 0.1) is 0 Å². The van der Waals surface area contributed by atoms with Gasteiger partial charge in [0.1, 0.15) is 5.69 Å². The minimum absolute atomic E-state index is 0.0307. The summed E-state index contributed by atoms with van der Waals surface area (Å²) in [7, 11) is 1.46. The SMILES string of the molecule is Cn1nc(C(=O)Nc2nnc(-c3ccsc3)o2)ccc1=O. The van der Waals surface area contributed by atoms with Gasteiger partial charge in [-0.25, -0.2) is 4.68 Å². The lowest BCUT2D eigenvalue weighted by molar-refractivity contribution is 0.101. The highest BCUT2D eigenvalue weighted by Gasteiger charge is 2.14. The maximum absolute atomic E-state index is 12.0. The number of carbonyl (C=O) groups is 1. The highest BCUT2D eigenvalue weighted by atomic mass is 32.1. The van der Waals surface area contributed by atoms with Crippen LogP contribution in [0.1, 0.15) is 10.5 Å². The number of rotatable bonds is 3. The molecule has 9 heteroatoms. The maximum Gasteiger partial charge on any atom is 0.322 e. The second kappa shape index (κ2) is 5.29. The molecular weight excluding hydrogens is 294 g/mol. The normalized spacial score (nSPS) is 10.5. The quantitative estimate of drug-likeness (QED) is 0.778. The molecule has 0 aromatic carbocycles. The molecule has 0 saturated heterocycles. The van der Waals surface area contributed by atoms with Gasteiger partial charge >= 0.3 is 6.01 Å². The minimum atomic E-state index is -0.536. The zero-order valence-corrected chi connectivity index (χ0v) is 11.6. The molecule has 0 aliphatic carbocycles. The fraction of sp³-hybridized carbons (Fsp3) is 0.0833. The number of carbonyl (C=O) groups excluding carboxylic acids is 1. The first kappa shape index (κ1) is 13.2. The molecule has 0 bridgehead atoms. The van der Waals surface area contributed by atoms with E-state index in [-0.39, 0.29) is 17.3 Å². The van der Waals surface area contributed by atoms with E-state index in [9.17, 15) is 9.59 Å². The second-order valence-corrected chi connectivity index (χ2v) is 4.84. The molecule has 1 N–H and O–H groups in total. The van der Waals surface area contributed by atoms with Crippen LogP contribution in [0.15, 0.2) is 38.2 Å². The highest BCUT2D eigenvalue weighted by Crippen LogP contribution is 2.22. The summed E-state index contributed by atoms with van der Waals surface area (Å²) < 4.78 is 6.40. The van der Waals surface area contributed by atoms with E-state index >= 15 is 0 Å². The molecule has 0 atom stereocenters. The van der Waals surface area contributed by atoms with Crippen LogP contribution >= 0.6 is 11.3 Å². The summed E-state index contributed by atoms with van der Waals surface area (Å²) in [5.41, 5.74) is 0.560. The van der Waals surface area contributed by atoms with Crippen LogP contribution in [0.3, 0.4) is 0 Å². The molecule has 3 aromatic rings. The molecule has 106 valence electrons. The zero-order valence-electron chi connectivity index (χ0n) is 10.8. The first-order chi connectivity index (χ1) is 10.1. The van der Waals surface area contributed by atoms with Crippen LogP contribution in [-0.2, 0) is 7.05 Å². The van der Waals surface area contributed by atoms with E-state index in [1.54, 1.807) is 0 Å². The van der Waals surface area contributed by atoms with Gasteiger partial charge in [0, 0.05) is 24.1 Å². The van der Waals surface area contributed by atoms with E-state index in [0.717, 1.165) is 10.2 Å². The van der Waals surface area contributed by atoms with Gasteiger partial charge in [0.2, 0.25) is 0 Å². The van der Waals surface area contributed by atoms with Crippen LogP contribution in [0.25, 0.3) is 11.5 Å². The Morgan fingerprint density at radius 3 is 2.90 bits per heavy atom. The maximum atomic E-state index is 12.0. The van der Waals surface area contributed by atoms with Crippen molar-refractivity contribution in [3.63, 3.8) is 0 Å². The van der Waals surface area contributed by atoms with E-state index in [2.05, 4.69) is 20.6 Å². The van der Waals surface area contributed by atoms with Crippen LogP contribution in [0.5, 0.6) is 0 Å². The van der Waals surface area contributed by atoms with Crippen LogP contribution in [0, 0.1) is 0 Å². The van der Waals surface area contributed by atoms with Gasteiger partial charge < -0.3 is 4.42 Å². The second-order valence-electron chi connectivity index (χ2n) is 4.06. The van der Waals surface area contributed by atoms with Crippen molar-refractivity contribution < 1.29 is 9.21 Å². The molecule has 0 aliphatic heterocycles. The van der Waals surface area contributed by atoms with Crippen molar-refractivity contribution in [2.45, 2.75) is 0 Å². The van der Waals surface area contributed by atoms with Crippen molar-refractivity contribution in [1.29, 1.82) is 0 Å². The molecule has 0 saturated carbocycles.